The Hall–Kier alpha value is -1.66. The molecule has 1 aromatic carbocycles. The molecule has 1 amide bonds. The third kappa shape index (κ3) is 4.42. The van der Waals surface area contributed by atoms with Crippen molar-refractivity contribution >= 4 is 24.0 Å². The number of aryl methyl sites for hydroxylation is 1. The van der Waals surface area contributed by atoms with E-state index in [9.17, 15) is 14.9 Å². The summed E-state index contributed by atoms with van der Waals surface area (Å²) in [5, 5.41) is 11.1. The van der Waals surface area contributed by atoms with Crippen LogP contribution < -0.4 is 5.73 Å². The standard InChI is InChI=1S/C16H23N3O3.ClH/c1-3-12-4-5-14(10-15(12)19(21)22)16(20)18-8-6-13(7-9-18)11(2)17;/h4-5,10-11,13H,3,6-9,17H2,1-2H3;1H. The molecule has 0 aliphatic carbocycles. The SMILES string of the molecule is CCc1ccc(C(=O)N2CCC(C(C)N)CC2)cc1[N+](=O)[O-].Cl. The third-order valence-electron chi connectivity index (χ3n) is 4.48. The summed E-state index contributed by atoms with van der Waals surface area (Å²) in [4.78, 5) is 25.0. The lowest BCUT2D eigenvalue weighted by Crippen LogP contribution is -2.42. The lowest BCUT2D eigenvalue weighted by molar-refractivity contribution is -0.385. The average molecular weight is 342 g/mol. The molecule has 7 heteroatoms. The van der Waals surface area contributed by atoms with Crippen LogP contribution in [0.15, 0.2) is 18.2 Å². The number of nitro benzene ring substituents is 1. The van der Waals surface area contributed by atoms with Gasteiger partial charge in [-0.3, -0.25) is 14.9 Å². The van der Waals surface area contributed by atoms with E-state index in [2.05, 4.69) is 0 Å². The van der Waals surface area contributed by atoms with Crippen LogP contribution in [0.1, 0.15) is 42.6 Å². The maximum absolute atomic E-state index is 12.5. The smallest absolute Gasteiger partial charge is 0.273 e. The predicted octanol–water partition coefficient (Wildman–Crippen LogP) is 2.78. The number of carbonyl (C=O) groups excluding carboxylic acids is 1. The van der Waals surface area contributed by atoms with Gasteiger partial charge < -0.3 is 10.6 Å². The van der Waals surface area contributed by atoms with Crippen LogP contribution in [0.25, 0.3) is 0 Å². The number of nitrogens with two attached hydrogens (primary N) is 1. The second-order valence-corrected chi connectivity index (χ2v) is 5.94. The molecular formula is C16H24ClN3O3. The van der Waals surface area contributed by atoms with E-state index in [0.29, 0.717) is 36.6 Å². The molecule has 1 atom stereocenters. The highest BCUT2D eigenvalue weighted by atomic mass is 35.5. The molecule has 1 unspecified atom stereocenters. The molecule has 1 aromatic rings. The number of amides is 1. The van der Waals surface area contributed by atoms with Crippen LogP contribution >= 0.6 is 12.4 Å². The molecule has 128 valence electrons. The van der Waals surface area contributed by atoms with Gasteiger partial charge >= 0.3 is 0 Å². The number of nitrogens with zero attached hydrogens (tertiary/aromatic N) is 2. The highest BCUT2D eigenvalue weighted by Crippen LogP contribution is 2.24. The van der Waals surface area contributed by atoms with Gasteiger partial charge in [-0.15, -0.1) is 12.4 Å². The second-order valence-electron chi connectivity index (χ2n) is 5.94. The number of hydrogen-bond acceptors (Lipinski definition) is 4. The lowest BCUT2D eigenvalue weighted by Gasteiger charge is -2.33. The normalized spacial score (nSPS) is 16.6. The highest BCUT2D eigenvalue weighted by molar-refractivity contribution is 5.95. The maximum atomic E-state index is 12.5. The van der Waals surface area contributed by atoms with Crippen molar-refractivity contribution in [1.29, 1.82) is 0 Å². The first-order chi connectivity index (χ1) is 10.4. The number of piperidine rings is 1. The fraction of sp³-hybridized carbons (Fsp3) is 0.562. The topological polar surface area (TPSA) is 89.5 Å². The van der Waals surface area contributed by atoms with E-state index in [1.54, 1.807) is 17.0 Å². The van der Waals surface area contributed by atoms with Gasteiger partial charge in [-0.25, -0.2) is 0 Å². The zero-order valence-electron chi connectivity index (χ0n) is 13.5. The number of rotatable bonds is 4. The molecule has 1 aliphatic heterocycles. The molecule has 0 bridgehead atoms. The Labute approximate surface area is 142 Å². The monoisotopic (exact) mass is 341 g/mol. The summed E-state index contributed by atoms with van der Waals surface area (Å²) in [6.45, 7) is 5.18. The van der Waals surface area contributed by atoms with Gasteiger partial charge in [0.25, 0.3) is 11.6 Å². The molecule has 1 fully saturated rings. The molecule has 6 nitrogen and oxygen atoms in total. The fourth-order valence-electron chi connectivity index (χ4n) is 2.98. The van der Waals surface area contributed by atoms with Crippen molar-refractivity contribution in [3.8, 4) is 0 Å². The number of carbonyl (C=O) groups is 1. The van der Waals surface area contributed by atoms with Crippen molar-refractivity contribution in [2.45, 2.75) is 39.2 Å². The Morgan fingerprint density at radius 2 is 2.04 bits per heavy atom. The van der Waals surface area contributed by atoms with E-state index in [1.165, 1.54) is 6.07 Å². The van der Waals surface area contributed by atoms with Gasteiger partial charge in [0.05, 0.1) is 4.92 Å². The molecule has 0 spiro atoms. The van der Waals surface area contributed by atoms with Gasteiger partial charge in [-0.1, -0.05) is 13.0 Å². The molecule has 0 saturated carbocycles. The van der Waals surface area contributed by atoms with Gasteiger partial charge in [-0.2, -0.15) is 0 Å². The second kappa shape index (κ2) is 8.26. The molecule has 1 saturated heterocycles. The number of halogens is 1. The average Bonchev–Trinajstić information content (AvgIpc) is 2.53. The lowest BCUT2D eigenvalue weighted by atomic mass is 9.90. The van der Waals surface area contributed by atoms with Gasteiger partial charge in [0.2, 0.25) is 0 Å². The maximum Gasteiger partial charge on any atom is 0.273 e. The van der Waals surface area contributed by atoms with Gasteiger partial charge in [-0.05, 0) is 38.2 Å². The molecule has 23 heavy (non-hydrogen) atoms. The van der Waals surface area contributed by atoms with Crippen LogP contribution in [0.5, 0.6) is 0 Å². The van der Waals surface area contributed by atoms with Crippen LogP contribution in [0, 0.1) is 16.0 Å². The number of hydrogen-bond donors (Lipinski definition) is 1. The molecule has 2 N–H and O–H groups in total. The zero-order chi connectivity index (χ0) is 16.3. The summed E-state index contributed by atoms with van der Waals surface area (Å²) in [6, 6.07) is 4.91. The third-order valence-corrected chi connectivity index (χ3v) is 4.48. The summed E-state index contributed by atoms with van der Waals surface area (Å²) in [5.41, 5.74) is 6.98. The van der Waals surface area contributed by atoms with Crippen molar-refractivity contribution < 1.29 is 9.72 Å². The first kappa shape index (κ1) is 19.4. The summed E-state index contributed by atoms with van der Waals surface area (Å²) in [7, 11) is 0. The van der Waals surface area contributed by atoms with E-state index >= 15 is 0 Å². The Morgan fingerprint density at radius 1 is 1.43 bits per heavy atom. The predicted molar refractivity (Wildman–Crippen MR) is 92.0 cm³/mol. The fourth-order valence-corrected chi connectivity index (χ4v) is 2.98. The van der Waals surface area contributed by atoms with Crippen molar-refractivity contribution in [3.05, 3.63) is 39.4 Å². The minimum absolute atomic E-state index is 0. The minimum Gasteiger partial charge on any atom is -0.339 e. The molecule has 1 aliphatic rings. The number of likely N-dealkylation sites (tertiary alicyclic amines) is 1. The molecule has 1 heterocycles. The Bertz CT molecular complexity index is 570. The molecule has 2 rings (SSSR count). The summed E-state index contributed by atoms with van der Waals surface area (Å²) >= 11 is 0. The largest absolute Gasteiger partial charge is 0.339 e. The van der Waals surface area contributed by atoms with Gasteiger partial charge in [0.1, 0.15) is 0 Å². The van der Waals surface area contributed by atoms with Crippen LogP contribution in [0.4, 0.5) is 5.69 Å². The van der Waals surface area contributed by atoms with Gasteiger partial charge in [0.15, 0.2) is 0 Å². The summed E-state index contributed by atoms with van der Waals surface area (Å²) < 4.78 is 0. The van der Waals surface area contributed by atoms with E-state index in [0.717, 1.165) is 12.8 Å². The Kier molecular flexibility index (Phi) is 6.97. The Balaban J connectivity index is 0.00000264. The number of nitro groups is 1. The van der Waals surface area contributed by atoms with Gasteiger partial charge in [0, 0.05) is 36.3 Å². The Morgan fingerprint density at radius 3 is 2.52 bits per heavy atom. The minimum atomic E-state index is -0.419. The van der Waals surface area contributed by atoms with E-state index in [-0.39, 0.29) is 30.0 Å². The summed E-state index contributed by atoms with van der Waals surface area (Å²) in [6.07, 6.45) is 2.35. The molecule has 0 aromatic heterocycles. The van der Waals surface area contributed by atoms with Crippen molar-refractivity contribution in [2.24, 2.45) is 11.7 Å². The molecular weight excluding hydrogens is 318 g/mol. The van der Waals surface area contributed by atoms with E-state index < -0.39 is 4.92 Å². The quantitative estimate of drug-likeness (QED) is 0.673. The first-order valence-electron chi connectivity index (χ1n) is 7.76. The highest BCUT2D eigenvalue weighted by Gasteiger charge is 2.26. The zero-order valence-corrected chi connectivity index (χ0v) is 14.3. The number of benzene rings is 1. The first-order valence-corrected chi connectivity index (χ1v) is 7.76. The van der Waals surface area contributed by atoms with Crippen LogP contribution in [-0.2, 0) is 6.42 Å². The summed E-state index contributed by atoms with van der Waals surface area (Å²) in [5.74, 6) is 0.315. The van der Waals surface area contributed by atoms with Crippen molar-refractivity contribution in [3.63, 3.8) is 0 Å². The van der Waals surface area contributed by atoms with Crippen LogP contribution in [-0.4, -0.2) is 34.9 Å². The van der Waals surface area contributed by atoms with Crippen molar-refractivity contribution in [2.75, 3.05) is 13.1 Å². The van der Waals surface area contributed by atoms with E-state index in [4.69, 9.17) is 5.73 Å². The van der Waals surface area contributed by atoms with Crippen molar-refractivity contribution in [1.82, 2.24) is 4.90 Å². The van der Waals surface area contributed by atoms with Crippen LogP contribution in [0.2, 0.25) is 0 Å². The van der Waals surface area contributed by atoms with Crippen LogP contribution in [0.3, 0.4) is 0 Å². The van der Waals surface area contributed by atoms with E-state index in [1.807, 2.05) is 13.8 Å². The molecule has 0 radical (unpaired) electrons.